The quantitative estimate of drug-likeness (QED) is 0.908. The number of nitrogens with zero attached hydrogens (tertiary/aromatic N) is 2. The number of ether oxygens (including phenoxy) is 1. The van der Waals surface area contributed by atoms with Gasteiger partial charge in [0.2, 0.25) is 0 Å². The fraction of sp³-hybridized carbons (Fsp3) is 0.632. The van der Waals surface area contributed by atoms with E-state index >= 15 is 0 Å². The first-order chi connectivity index (χ1) is 12.0. The van der Waals surface area contributed by atoms with Crippen LogP contribution in [0.25, 0.3) is 0 Å². The average molecular weight is 349 g/mol. The minimum Gasteiger partial charge on any atom is -0.378 e. The topological polar surface area (TPSA) is 44.8 Å². The smallest absolute Gasteiger partial charge is 0.321 e. The first-order valence-electron chi connectivity index (χ1n) is 9.10. The predicted octanol–water partition coefficient (Wildman–Crippen LogP) is 3.18. The van der Waals surface area contributed by atoms with Crippen LogP contribution in [0.3, 0.4) is 0 Å². The lowest BCUT2D eigenvalue weighted by molar-refractivity contribution is -0.127. The summed E-state index contributed by atoms with van der Waals surface area (Å²) in [5, 5.41) is 2.68. The van der Waals surface area contributed by atoms with Crippen LogP contribution in [-0.2, 0) is 4.74 Å². The van der Waals surface area contributed by atoms with Crippen molar-refractivity contribution in [3.05, 3.63) is 30.1 Å². The number of halogens is 1. The van der Waals surface area contributed by atoms with Crippen LogP contribution in [0.15, 0.2) is 24.3 Å². The molecule has 3 rings (SSSR count). The number of para-hydroxylation sites is 1. The summed E-state index contributed by atoms with van der Waals surface area (Å²) < 4.78 is 19.3. The lowest BCUT2D eigenvalue weighted by Gasteiger charge is -2.54. The highest BCUT2D eigenvalue weighted by Crippen LogP contribution is 2.35. The first-order valence-corrected chi connectivity index (χ1v) is 9.10. The van der Waals surface area contributed by atoms with Crippen LogP contribution >= 0.6 is 0 Å². The molecule has 2 fully saturated rings. The molecular formula is C19H28FN3O2. The molecule has 138 valence electrons. The molecule has 1 N–H and O–H groups in total. The van der Waals surface area contributed by atoms with Crippen molar-refractivity contribution in [1.29, 1.82) is 0 Å². The standard InChI is InChI=1S/C19H28FN3O2/c1-13(2)23-12-17(25-3)18(23)14-8-10-22(11-9-14)19(24)21-16-7-5-4-6-15(16)20/h4-7,13-14,17-18H,8-12H2,1-3H3,(H,21,24)/t17-,18-/m0/s1. The maximum atomic E-state index is 13.7. The summed E-state index contributed by atoms with van der Waals surface area (Å²) in [7, 11) is 1.78. The molecule has 0 spiro atoms. The zero-order valence-corrected chi connectivity index (χ0v) is 15.2. The first kappa shape index (κ1) is 18.1. The predicted molar refractivity (Wildman–Crippen MR) is 96.1 cm³/mol. The molecule has 0 bridgehead atoms. The van der Waals surface area contributed by atoms with Gasteiger partial charge in [-0.15, -0.1) is 0 Å². The molecule has 2 amide bonds. The zero-order valence-electron chi connectivity index (χ0n) is 15.2. The molecule has 0 aliphatic carbocycles. The average Bonchev–Trinajstić information content (AvgIpc) is 2.57. The number of likely N-dealkylation sites (tertiary alicyclic amines) is 2. The van der Waals surface area contributed by atoms with Gasteiger partial charge in [-0.2, -0.15) is 0 Å². The fourth-order valence-electron chi connectivity index (χ4n) is 4.06. The van der Waals surface area contributed by atoms with Crippen molar-refractivity contribution in [3.63, 3.8) is 0 Å². The van der Waals surface area contributed by atoms with Crippen LogP contribution in [0, 0.1) is 11.7 Å². The molecule has 2 atom stereocenters. The highest BCUT2D eigenvalue weighted by molar-refractivity contribution is 5.89. The maximum absolute atomic E-state index is 13.7. The van der Waals surface area contributed by atoms with Gasteiger partial charge >= 0.3 is 6.03 Å². The van der Waals surface area contributed by atoms with E-state index in [4.69, 9.17) is 4.74 Å². The normalized spacial score (nSPS) is 25.1. The van der Waals surface area contributed by atoms with Crippen molar-refractivity contribution in [2.24, 2.45) is 5.92 Å². The number of amides is 2. The summed E-state index contributed by atoms with van der Waals surface area (Å²) in [6, 6.07) is 7.00. The molecule has 0 radical (unpaired) electrons. The Kier molecular flexibility index (Phi) is 5.59. The van der Waals surface area contributed by atoms with Crippen LogP contribution in [0.1, 0.15) is 26.7 Å². The third-order valence-corrected chi connectivity index (χ3v) is 5.55. The van der Waals surface area contributed by atoms with E-state index in [9.17, 15) is 9.18 Å². The second-order valence-electron chi connectivity index (χ2n) is 7.29. The molecule has 2 heterocycles. The van der Waals surface area contributed by atoms with E-state index in [0.717, 1.165) is 19.4 Å². The number of rotatable bonds is 4. The van der Waals surface area contributed by atoms with Gasteiger partial charge < -0.3 is 15.0 Å². The molecule has 1 aromatic rings. The largest absolute Gasteiger partial charge is 0.378 e. The van der Waals surface area contributed by atoms with Crippen molar-refractivity contribution >= 4 is 11.7 Å². The number of piperidine rings is 1. The summed E-state index contributed by atoms with van der Waals surface area (Å²) in [5.41, 5.74) is 0.235. The molecule has 0 saturated carbocycles. The Hall–Kier alpha value is -1.66. The van der Waals surface area contributed by atoms with Gasteiger partial charge in [-0.05, 0) is 44.7 Å². The van der Waals surface area contributed by atoms with E-state index in [0.29, 0.717) is 37.2 Å². The van der Waals surface area contributed by atoms with Crippen LogP contribution in [0.4, 0.5) is 14.9 Å². The number of hydrogen-bond acceptors (Lipinski definition) is 3. The molecule has 2 aliphatic heterocycles. The van der Waals surface area contributed by atoms with E-state index in [-0.39, 0.29) is 11.7 Å². The third kappa shape index (κ3) is 3.80. The second-order valence-corrected chi connectivity index (χ2v) is 7.29. The van der Waals surface area contributed by atoms with Crippen molar-refractivity contribution in [2.45, 2.75) is 44.9 Å². The second kappa shape index (κ2) is 7.70. The van der Waals surface area contributed by atoms with Gasteiger partial charge in [-0.3, -0.25) is 4.90 Å². The van der Waals surface area contributed by atoms with Gasteiger partial charge in [0.25, 0.3) is 0 Å². The molecule has 2 saturated heterocycles. The van der Waals surface area contributed by atoms with Crippen molar-refractivity contribution in [2.75, 3.05) is 32.1 Å². The molecule has 5 nitrogen and oxygen atoms in total. The van der Waals surface area contributed by atoms with Crippen LogP contribution in [-0.4, -0.2) is 60.8 Å². The molecule has 6 heteroatoms. The van der Waals surface area contributed by atoms with E-state index in [1.54, 1.807) is 30.2 Å². The van der Waals surface area contributed by atoms with Gasteiger partial charge in [0, 0.05) is 38.8 Å². The number of anilines is 1. The molecule has 25 heavy (non-hydrogen) atoms. The number of hydrogen-bond donors (Lipinski definition) is 1. The third-order valence-electron chi connectivity index (χ3n) is 5.55. The molecular weight excluding hydrogens is 321 g/mol. The van der Waals surface area contributed by atoms with Gasteiger partial charge in [0.15, 0.2) is 0 Å². The molecule has 1 aromatic carbocycles. The van der Waals surface area contributed by atoms with E-state index in [1.165, 1.54) is 6.07 Å². The van der Waals surface area contributed by atoms with Crippen LogP contribution in [0.2, 0.25) is 0 Å². The fourth-order valence-corrected chi connectivity index (χ4v) is 4.06. The van der Waals surface area contributed by atoms with Gasteiger partial charge in [0.1, 0.15) is 5.82 Å². The van der Waals surface area contributed by atoms with E-state index in [1.807, 2.05) is 0 Å². The Bertz CT molecular complexity index is 602. The minimum atomic E-state index is -0.407. The van der Waals surface area contributed by atoms with Gasteiger partial charge in [0.05, 0.1) is 11.8 Å². The van der Waals surface area contributed by atoms with E-state index in [2.05, 4.69) is 24.1 Å². The summed E-state index contributed by atoms with van der Waals surface area (Å²) in [5.74, 6) is 0.134. The number of carbonyl (C=O) groups excluding carboxylic acids is 1. The lowest BCUT2D eigenvalue weighted by atomic mass is 9.79. The maximum Gasteiger partial charge on any atom is 0.321 e. The summed E-state index contributed by atoms with van der Waals surface area (Å²) in [4.78, 5) is 16.7. The van der Waals surface area contributed by atoms with Gasteiger partial charge in [-0.25, -0.2) is 9.18 Å². The zero-order chi connectivity index (χ0) is 18.0. The van der Waals surface area contributed by atoms with E-state index < -0.39 is 5.82 Å². The number of nitrogens with one attached hydrogen (secondary N) is 1. The Labute approximate surface area is 149 Å². The number of methoxy groups -OCH3 is 1. The Morgan fingerprint density at radius 1 is 1.28 bits per heavy atom. The highest BCUT2D eigenvalue weighted by Gasteiger charge is 2.45. The molecule has 2 aliphatic rings. The Balaban J connectivity index is 1.54. The number of urea groups is 1. The molecule has 0 aromatic heterocycles. The monoisotopic (exact) mass is 349 g/mol. The van der Waals surface area contributed by atoms with Crippen molar-refractivity contribution in [3.8, 4) is 0 Å². The van der Waals surface area contributed by atoms with Crippen LogP contribution in [0.5, 0.6) is 0 Å². The highest BCUT2D eigenvalue weighted by atomic mass is 19.1. The Morgan fingerprint density at radius 3 is 2.56 bits per heavy atom. The summed E-state index contributed by atoms with van der Waals surface area (Å²) in [6.07, 6.45) is 2.21. The minimum absolute atomic E-state index is 0.221. The number of benzene rings is 1. The SMILES string of the molecule is CO[C@H]1CN(C(C)C)[C@H]1C1CCN(C(=O)Nc2ccccc2F)CC1. The molecule has 0 unspecified atom stereocenters. The lowest BCUT2D eigenvalue weighted by Crippen LogP contribution is -2.66. The number of carbonyl (C=O) groups is 1. The van der Waals surface area contributed by atoms with Crippen LogP contribution < -0.4 is 5.32 Å². The van der Waals surface area contributed by atoms with Gasteiger partial charge in [-0.1, -0.05) is 12.1 Å². The Morgan fingerprint density at radius 2 is 1.96 bits per heavy atom. The van der Waals surface area contributed by atoms with Crippen molar-refractivity contribution in [1.82, 2.24) is 9.80 Å². The van der Waals surface area contributed by atoms with Crippen molar-refractivity contribution < 1.29 is 13.9 Å². The summed E-state index contributed by atoms with van der Waals surface area (Å²) in [6.45, 7) is 6.83. The summed E-state index contributed by atoms with van der Waals surface area (Å²) >= 11 is 0.